The van der Waals surface area contributed by atoms with Crippen LogP contribution in [-0.2, 0) is 25.8 Å². The van der Waals surface area contributed by atoms with Crippen LogP contribution in [0.5, 0.6) is 0 Å². The molecule has 3 aromatic rings. The number of nitrogens with one attached hydrogen (secondary N) is 1. The van der Waals surface area contributed by atoms with E-state index in [0.29, 0.717) is 18.7 Å². The second kappa shape index (κ2) is 11.0. The number of aliphatic hydroxyl groups excluding tert-OH is 1. The molecule has 2 N–H and O–H groups in total. The molecule has 0 saturated heterocycles. The molecular formula is C26H29F2N3O. The third kappa shape index (κ3) is 6.03. The molecule has 0 spiro atoms. The van der Waals surface area contributed by atoms with Crippen molar-refractivity contribution in [3.63, 3.8) is 0 Å². The minimum absolute atomic E-state index is 0.186. The predicted octanol–water partition coefficient (Wildman–Crippen LogP) is 4.64. The highest BCUT2D eigenvalue weighted by molar-refractivity contribution is 5.25. The Morgan fingerprint density at radius 1 is 1.03 bits per heavy atom. The van der Waals surface area contributed by atoms with Crippen LogP contribution in [0, 0.1) is 29.9 Å². The number of aromatic nitrogens is 1. The highest BCUT2D eigenvalue weighted by atomic mass is 19.1. The van der Waals surface area contributed by atoms with Gasteiger partial charge in [-0.05, 0) is 60.7 Å². The van der Waals surface area contributed by atoms with Gasteiger partial charge in [-0.1, -0.05) is 31.2 Å². The van der Waals surface area contributed by atoms with E-state index in [0.717, 1.165) is 29.4 Å². The number of aliphatic hydroxyl groups is 1. The summed E-state index contributed by atoms with van der Waals surface area (Å²) in [4.78, 5) is 0. The molecule has 0 aliphatic carbocycles. The lowest BCUT2D eigenvalue weighted by Gasteiger charge is -2.28. The molecule has 0 bridgehead atoms. The average Bonchev–Trinajstić information content (AvgIpc) is 3.11. The third-order valence-corrected chi connectivity index (χ3v) is 5.69. The van der Waals surface area contributed by atoms with Gasteiger partial charge in [0.05, 0.1) is 24.6 Å². The number of halogens is 2. The first-order valence-corrected chi connectivity index (χ1v) is 10.9. The summed E-state index contributed by atoms with van der Waals surface area (Å²) in [5, 5.41) is 23.6. The van der Waals surface area contributed by atoms with Gasteiger partial charge in [-0.15, -0.1) is 0 Å². The molecule has 168 valence electrons. The Bertz CT molecular complexity index is 1070. The number of aryl methyl sites for hydroxylation is 2. The lowest BCUT2D eigenvalue weighted by atomic mass is 9.99. The second-order valence-corrected chi connectivity index (χ2v) is 8.09. The molecule has 0 aliphatic rings. The smallest absolute Gasteiger partial charge is 0.126 e. The summed E-state index contributed by atoms with van der Waals surface area (Å²) in [6, 6.07) is 17.1. The molecule has 3 rings (SSSR count). The van der Waals surface area contributed by atoms with Crippen LogP contribution in [0.4, 0.5) is 8.78 Å². The van der Waals surface area contributed by atoms with Gasteiger partial charge in [0.15, 0.2) is 0 Å². The Kier molecular flexibility index (Phi) is 8.15. The van der Waals surface area contributed by atoms with Crippen molar-refractivity contribution in [2.45, 2.75) is 51.8 Å². The average molecular weight is 438 g/mol. The molecule has 1 aromatic heterocycles. The van der Waals surface area contributed by atoms with Gasteiger partial charge in [0.2, 0.25) is 0 Å². The lowest BCUT2D eigenvalue weighted by molar-refractivity contribution is 0.108. The van der Waals surface area contributed by atoms with Gasteiger partial charge >= 0.3 is 0 Å². The van der Waals surface area contributed by atoms with E-state index in [1.165, 1.54) is 17.7 Å². The van der Waals surface area contributed by atoms with Crippen LogP contribution >= 0.6 is 0 Å². The zero-order chi connectivity index (χ0) is 23.1. The summed E-state index contributed by atoms with van der Waals surface area (Å²) in [6.07, 6.45) is 0.541. The van der Waals surface area contributed by atoms with Gasteiger partial charge in [-0.2, -0.15) is 5.26 Å². The number of rotatable bonds is 10. The van der Waals surface area contributed by atoms with E-state index < -0.39 is 23.8 Å². The maximum atomic E-state index is 13.8. The third-order valence-electron chi connectivity index (χ3n) is 5.69. The van der Waals surface area contributed by atoms with E-state index in [9.17, 15) is 19.1 Å². The summed E-state index contributed by atoms with van der Waals surface area (Å²) < 4.78 is 29.5. The number of hydrogen-bond acceptors (Lipinski definition) is 3. The zero-order valence-corrected chi connectivity index (χ0v) is 18.5. The lowest BCUT2D eigenvalue weighted by Crippen LogP contribution is -2.36. The highest BCUT2D eigenvalue weighted by Gasteiger charge is 2.25. The van der Waals surface area contributed by atoms with Crippen molar-refractivity contribution in [3.05, 3.63) is 94.3 Å². The maximum absolute atomic E-state index is 13.8. The van der Waals surface area contributed by atoms with Crippen LogP contribution in [-0.4, -0.2) is 22.3 Å². The summed E-state index contributed by atoms with van der Waals surface area (Å²) in [5.74, 6) is -1.30. The summed E-state index contributed by atoms with van der Waals surface area (Å²) in [7, 11) is 0. The maximum Gasteiger partial charge on any atom is 0.126 e. The van der Waals surface area contributed by atoms with Crippen molar-refractivity contribution < 1.29 is 13.9 Å². The Balaban J connectivity index is 1.81. The van der Waals surface area contributed by atoms with Crippen molar-refractivity contribution in [2.24, 2.45) is 0 Å². The SMILES string of the molecule is CCc1cccc(CNCC(O)C(Cc2cc(F)cc(F)c2)n2c(C)ccc2CC#N)c1. The quantitative estimate of drug-likeness (QED) is 0.486. The van der Waals surface area contributed by atoms with Gasteiger partial charge in [-0.25, -0.2) is 8.78 Å². The Labute approximate surface area is 188 Å². The largest absolute Gasteiger partial charge is 0.390 e. The van der Waals surface area contributed by atoms with Crippen molar-refractivity contribution in [2.75, 3.05) is 6.54 Å². The van der Waals surface area contributed by atoms with Gasteiger partial charge in [-0.3, -0.25) is 0 Å². The van der Waals surface area contributed by atoms with Gasteiger partial charge in [0.25, 0.3) is 0 Å². The van der Waals surface area contributed by atoms with Gasteiger partial charge in [0.1, 0.15) is 11.6 Å². The minimum atomic E-state index is -0.834. The molecule has 6 heteroatoms. The summed E-state index contributed by atoms with van der Waals surface area (Å²) >= 11 is 0. The van der Waals surface area contributed by atoms with E-state index in [4.69, 9.17) is 0 Å². The molecule has 0 radical (unpaired) electrons. The fourth-order valence-electron chi connectivity index (χ4n) is 4.13. The van der Waals surface area contributed by atoms with Crippen LogP contribution in [0.15, 0.2) is 54.6 Å². The van der Waals surface area contributed by atoms with Crippen LogP contribution in [0.25, 0.3) is 0 Å². The molecule has 0 fully saturated rings. The molecule has 0 saturated carbocycles. The Hall–Kier alpha value is -3.01. The van der Waals surface area contributed by atoms with E-state index in [-0.39, 0.29) is 12.8 Å². The Morgan fingerprint density at radius 2 is 1.75 bits per heavy atom. The predicted molar refractivity (Wildman–Crippen MR) is 121 cm³/mol. The van der Waals surface area contributed by atoms with Crippen molar-refractivity contribution in [1.82, 2.24) is 9.88 Å². The molecular weight excluding hydrogens is 408 g/mol. The molecule has 2 atom stereocenters. The van der Waals surface area contributed by atoms with E-state index in [1.807, 2.05) is 35.8 Å². The first-order chi connectivity index (χ1) is 15.4. The summed E-state index contributed by atoms with van der Waals surface area (Å²) in [5.41, 5.74) is 4.48. The number of hydrogen-bond donors (Lipinski definition) is 2. The second-order valence-electron chi connectivity index (χ2n) is 8.09. The normalized spacial score (nSPS) is 13.0. The Morgan fingerprint density at radius 3 is 2.44 bits per heavy atom. The topological polar surface area (TPSA) is 61.0 Å². The fraction of sp³-hybridized carbons (Fsp3) is 0.346. The zero-order valence-electron chi connectivity index (χ0n) is 18.5. The number of nitriles is 1. The number of nitrogens with zero attached hydrogens (tertiary/aromatic N) is 2. The highest BCUT2D eigenvalue weighted by Crippen LogP contribution is 2.25. The molecule has 0 amide bonds. The van der Waals surface area contributed by atoms with E-state index in [2.05, 4.69) is 30.4 Å². The van der Waals surface area contributed by atoms with E-state index >= 15 is 0 Å². The molecule has 1 heterocycles. The van der Waals surface area contributed by atoms with Crippen molar-refractivity contribution >= 4 is 0 Å². The molecule has 2 aromatic carbocycles. The fourth-order valence-corrected chi connectivity index (χ4v) is 4.13. The molecule has 0 aliphatic heterocycles. The molecule has 2 unspecified atom stereocenters. The number of benzene rings is 2. The van der Waals surface area contributed by atoms with Crippen LogP contribution in [0.1, 0.15) is 41.0 Å². The van der Waals surface area contributed by atoms with Gasteiger partial charge in [0, 0.05) is 30.5 Å². The monoisotopic (exact) mass is 437 g/mol. The van der Waals surface area contributed by atoms with Crippen LogP contribution in [0.3, 0.4) is 0 Å². The standard InChI is InChI=1S/C26H29F2N3O/c1-3-19-5-4-6-20(11-19)16-30-17-26(32)25(14-21-12-22(27)15-23(28)13-21)31-18(2)7-8-24(31)9-10-29/h4-8,11-13,15,25-26,30,32H,3,9,14,16-17H2,1-2H3. The van der Waals surface area contributed by atoms with Crippen molar-refractivity contribution in [1.29, 1.82) is 5.26 Å². The van der Waals surface area contributed by atoms with Gasteiger partial charge < -0.3 is 15.0 Å². The van der Waals surface area contributed by atoms with Crippen LogP contribution < -0.4 is 5.32 Å². The van der Waals surface area contributed by atoms with Crippen LogP contribution in [0.2, 0.25) is 0 Å². The molecule has 4 nitrogen and oxygen atoms in total. The van der Waals surface area contributed by atoms with Crippen molar-refractivity contribution in [3.8, 4) is 6.07 Å². The summed E-state index contributed by atoms with van der Waals surface area (Å²) in [6.45, 7) is 4.90. The first kappa shape index (κ1) is 23.6. The van der Waals surface area contributed by atoms with E-state index in [1.54, 1.807) is 0 Å². The minimum Gasteiger partial charge on any atom is -0.390 e. The first-order valence-electron chi connectivity index (χ1n) is 10.9. The molecule has 32 heavy (non-hydrogen) atoms.